The van der Waals surface area contributed by atoms with Crippen LogP contribution in [-0.4, -0.2) is 49.6 Å². The summed E-state index contributed by atoms with van der Waals surface area (Å²) in [6.07, 6.45) is 4.81. The van der Waals surface area contributed by atoms with Crippen molar-refractivity contribution in [1.82, 2.24) is 15.5 Å². The summed E-state index contributed by atoms with van der Waals surface area (Å²) in [7, 11) is 0. The van der Waals surface area contributed by atoms with Gasteiger partial charge in [-0.15, -0.1) is 12.4 Å². The lowest BCUT2D eigenvalue weighted by Gasteiger charge is -2.32. The molecule has 7 heteroatoms. The van der Waals surface area contributed by atoms with Crippen LogP contribution in [0.15, 0.2) is 42.0 Å². The fourth-order valence-corrected chi connectivity index (χ4v) is 3.27. The largest absolute Gasteiger partial charge is 0.352 e. The van der Waals surface area contributed by atoms with Gasteiger partial charge in [-0.3, -0.25) is 4.79 Å². The van der Waals surface area contributed by atoms with E-state index in [-0.39, 0.29) is 30.3 Å². The Balaban J connectivity index is 0.00000243. The third-order valence-corrected chi connectivity index (χ3v) is 4.75. The number of amides is 3. The van der Waals surface area contributed by atoms with Gasteiger partial charge in [0.05, 0.1) is 5.92 Å². The Morgan fingerprint density at radius 1 is 1.23 bits per heavy atom. The molecule has 0 spiro atoms. The number of hydrogen-bond acceptors (Lipinski definition) is 3. The molecule has 0 saturated carbocycles. The third-order valence-electron chi connectivity index (χ3n) is 4.75. The van der Waals surface area contributed by atoms with Crippen LogP contribution in [0, 0.1) is 5.92 Å². The lowest BCUT2D eigenvalue weighted by atomic mass is 9.97. The highest BCUT2D eigenvalue weighted by Crippen LogP contribution is 2.18. The van der Waals surface area contributed by atoms with Gasteiger partial charge in [0.15, 0.2) is 0 Å². The summed E-state index contributed by atoms with van der Waals surface area (Å²) >= 11 is 0. The monoisotopic (exact) mass is 378 g/mol. The van der Waals surface area contributed by atoms with E-state index < -0.39 is 0 Å². The van der Waals surface area contributed by atoms with Crippen molar-refractivity contribution in [3.8, 4) is 0 Å². The second-order valence-electron chi connectivity index (χ2n) is 6.62. The van der Waals surface area contributed by atoms with Crippen molar-refractivity contribution in [2.75, 3.05) is 38.0 Å². The number of halogens is 1. The summed E-state index contributed by atoms with van der Waals surface area (Å²) in [5.41, 5.74) is 2.05. The molecular formula is C19H27ClN4O2. The summed E-state index contributed by atoms with van der Waals surface area (Å²) in [6, 6.07) is 9.27. The van der Waals surface area contributed by atoms with Crippen LogP contribution in [0.5, 0.6) is 0 Å². The minimum atomic E-state index is -0.134. The Labute approximate surface area is 160 Å². The van der Waals surface area contributed by atoms with Crippen molar-refractivity contribution in [2.24, 2.45) is 5.92 Å². The number of rotatable bonds is 4. The zero-order chi connectivity index (χ0) is 17.5. The number of para-hydroxylation sites is 1. The summed E-state index contributed by atoms with van der Waals surface area (Å²) in [5, 5.41) is 9.20. The van der Waals surface area contributed by atoms with Crippen molar-refractivity contribution < 1.29 is 9.59 Å². The minimum absolute atomic E-state index is 0. The number of nitrogens with zero attached hydrogens (tertiary/aromatic N) is 1. The first-order valence-corrected chi connectivity index (χ1v) is 8.99. The van der Waals surface area contributed by atoms with E-state index in [0.717, 1.165) is 38.0 Å². The molecule has 6 nitrogen and oxygen atoms in total. The summed E-state index contributed by atoms with van der Waals surface area (Å²) in [6.45, 7) is 3.64. The quantitative estimate of drug-likeness (QED) is 0.704. The number of carbonyl (C=O) groups is 2. The number of piperidine rings is 1. The van der Waals surface area contributed by atoms with Gasteiger partial charge in [0.25, 0.3) is 0 Å². The first-order valence-electron chi connectivity index (χ1n) is 8.99. The zero-order valence-electron chi connectivity index (χ0n) is 14.9. The smallest absolute Gasteiger partial charge is 0.321 e. The van der Waals surface area contributed by atoms with Crippen LogP contribution in [-0.2, 0) is 4.79 Å². The van der Waals surface area contributed by atoms with Crippen LogP contribution >= 0.6 is 12.4 Å². The lowest BCUT2D eigenvalue weighted by Crippen LogP contribution is -2.47. The lowest BCUT2D eigenvalue weighted by molar-refractivity contribution is -0.126. The van der Waals surface area contributed by atoms with Gasteiger partial charge in [-0.1, -0.05) is 29.8 Å². The molecule has 1 atom stereocenters. The van der Waals surface area contributed by atoms with E-state index in [2.05, 4.69) is 22.0 Å². The first-order chi connectivity index (χ1) is 12.2. The van der Waals surface area contributed by atoms with Gasteiger partial charge in [-0.2, -0.15) is 0 Å². The average molecular weight is 379 g/mol. The number of hydrogen-bond donors (Lipinski definition) is 3. The fraction of sp³-hybridized carbons (Fsp3) is 0.474. The molecule has 2 aliphatic heterocycles. The molecule has 2 aliphatic rings. The minimum Gasteiger partial charge on any atom is -0.352 e. The maximum Gasteiger partial charge on any atom is 0.321 e. The highest BCUT2D eigenvalue weighted by atomic mass is 35.5. The topological polar surface area (TPSA) is 73.5 Å². The molecule has 1 aromatic rings. The molecule has 2 heterocycles. The number of urea groups is 1. The van der Waals surface area contributed by atoms with Crippen molar-refractivity contribution in [3.63, 3.8) is 0 Å². The molecule has 0 aromatic heterocycles. The standard InChI is InChI=1S/C19H26N4O2.ClH/c24-18(21-13-15-8-10-20-11-9-15)16-5-4-12-23(14-16)19(25)22-17-6-2-1-3-7-17;/h1-3,6-8,16,20H,4-5,9-14H2,(H,21,24)(H,22,25);1H. The Morgan fingerprint density at radius 3 is 2.77 bits per heavy atom. The first kappa shape index (κ1) is 20.3. The molecule has 1 unspecified atom stereocenters. The van der Waals surface area contributed by atoms with Gasteiger partial charge in [-0.05, 0) is 37.9 Å². The average Bonchev–Trinajstić information content (AvgIpc) is 2.68. The van der Waals surface area contributed by atoms with Crippen LogP contribution in [0.25, 0.3) is 0 Å². The molecule has 142 valence electrons. The second-order valence-corrected chi connectivity index (χ2v) is 6.62. The van der Waals surface area contributed by atoms with Crippen molar-refractivity contribution >= 4 is 30.0 Å². The van der Waals surface area contributed by atoms with Crippen molar-refractivity contribution in [1.29, 1.82) is 0 Å². The number of likely N-dealkylation sites (tertiary alicyclic amines) is 1. The van der Waals surface area contributed by atoms with E-state index in [4.69, 9.17) is 0 Å². The fourth-order valence-electron chi connectivity index (χ4n) is 3.27. The molecule has 0 radical (unpaired) electrons. The van der Waals surface area contributed by atoms with Gasteiger partial charge in [0, 0.05) is 31.9 Å². The predicted molar refractivity (Wildman–Crippen MR) is 106 cm³/mol. The number of nitrogens with one attached hydrogen (secondary N) is 3. The summed E-state index contributed by atoms with van der Waals surface area (Å²) < 4.78 is 0. The zero-order valence-corrected chi connectivity index (χ0v) is 15.7. The van der Waals surface area contributed by atoms with Crippen LogP contribution in [0.2, 0.25) is 0 Å². The van der Waals surface area contributed by atoms with E-state index in [1.807, 2.05) is 30.3 Å². The van der Waals surface area contributed by atoms with Gasteiger partial charge in [0.2, 0.25) is 5.91 Å². The van der Waals surface area contributed by atoms with Crippen molar-refractivity contribution in [3.05, 3.63) is 42.0 Å². The van der Waals surface area contributed by atoms with Gasteiger partial charge >= 0.3 is 6.03 Å². The molecule has 26 heavy (non-hydrogen) atoms. The molecule has 1 saturated heterocycles. The SMILES string of the molecule is Cl.O=C(NCC1=CCNCC1)C1CCCN(C(=O)Nc2ccccc2)C1. The van der Waals surface area contributed by atoms with Crippen LogP contribution in [0.4, 0.5) is 10.5 Å². The number of carbonyl (C=O) groups excluding carboxylic acids is 2. The highest BCUT2D eigenvalue weighted by Gasteiger charge is 2.28. The molecule has 3 rings (SSSR count). The van der Waals surface area contributed by atoms with Gasteiger partial charge < -0.3 is 20.9 Å². The number of anilines is 1. The van der Waals surface area contributed by atoms with Crippen LogP contribution < -0.4 is 16.0 Å². The summed E-state index contributed by atoms with van der Waals surface area (Å²) in [5.74, 6) is -0.0748. The van der Waals surface area contributed by atoms with Gasteiger partial charge in [0.1, 0.15) is 0 Å². The third kappa shape index (κ3) is 5.75. The predicted octanol–water partition coefficient (Wildman–Crippen LogP) is 2.39. The van der Waals surface area contributed by atoms with Crippen LogP contribution in [0.1, 0.15) is 19.3 Å². The van der Waals surface area contributed by atoms with E-state index in [1.54, 1.807) is 4.90 Å². The van der Waals surface area contributed by atoms with E-state index in [0.29, 0.717) is 19.6 Å². The Hall–Kier alpha value is -2.05. The summed E-state index contributed by atoms with van der Waals surface area (Å²) in [4.78, 5) is 26.6. The Kier molecular flexibility index (Phi) is 7.94. The Bertz CT molecular complexity index is 636. The highest BCUT2D eigenvalue weighted by molar-refractivity contribution is 5.90. The molecule has 1 fully saturated rings. The number of benzene rings is 1. The molecule has 0 bridgehead atoms. The van der Waals surface area contributed by atoms with Gasteiger partial charge in [-0.25, -0.2) is 4.79 Å². The van der Waals surface area contributed by atoms with Crippen LogP contribution in [0.3, 0.4) is 0 Å². The molecule has 3 amide bonds. The molecule has 1 aromatic carbocycles. The normalized spacial score (nSPS) is 19.8. The molecule has 3 N–H and O–H groups in total. The maximum absolute atomic E-state index is 12.5. The van der Waals surface area contributed by atoms with Crippen molar-refractivity contribution in [2.45, 2.75) is 19.3 Å². The van der Waals surface area contributed by atoms with E-state index in [9.17, 15) is 9.59 Å². The maximum atomic E-state index is 12.5. The second kappa shape index (κ2) is 10.2. The Morgan fingerprint density at radius 2 is 2.04 bits per heavy atom. The van der Waals surface area contributed by atoms with E-state index >= 15 is 0 Å². The molecule has 0 aliphatic carbocycles. The van der Waals surface area contributed by atoms with E-state index in [1.165, 1.54) is 5.57 Å². The molecular weight excluding hydrogens is 352 g/mol.